The molecule has 3 saturated heterocycles. The third-order valence-electron chi connectivity index (χ3n) is 8.57. The van der Waals surface area contributed by atoms with Crippen molar-refractivity contribution < 1.29 is 31.3 Å². The molecule has 0 amide bonds. The number of hydrogen-bond acceptors (Lipinski definition) is 2. The molecule has 2 bridgehead atoms. The van der Waals surface area contributed by atoms with E-state index in [0.717, 1.165) is 67.7 Å². The number of ether oxygens (including phenoxy) is 1. The predicted octanol–water partition coefficient (Wildman–Crippen LogP) is 2.45. The summed E-state index contributed by atoms with van der Waals surface area (Å²) in [5.41, 5.74) is 3.57. The number of fused-ring (bicyclic) bond motifs is 3. The minimum Gasteiger partial charge on any atom is -1.00 e. The summed E-state index contributed by atoms with van der Waals surface area (Å²) >= 11 is 0. The molecule has 1 N–H and O–H groups in total. The molecular formula is C30H36BrNO2. The average Bonchev–Trinajstić information content (AvgIpc) is 2.89. The maximum Gasteiger partial charge on any atom is 0.121 e. The fourth-order valence-corrected chi connectivity index (χ4v) is 6.29. The van der Waals surface area contributed by atoms with Crippen molar-refractivity contribution in [3.05, 3.63) is 107 Å². The highest BCUT2D eigenvalue weighted by Gasteiger charge is 2.60. The largest absolute Gasteiger partial charge is 1.00 e. The zero-order chi connectivity index (χ0) is 22.8. The molecule has 3 aliphatic heterocycles. The number of benzene rings is 3. The lowest BCUT2D eigenvalue weighted by Gasteiger charge is -2.60. The van der Waals surface area contributed by atoms with Crippen LogP contribution in [0.2, 0.25) is 0 Å². The highest BCUT2D eigenvalue weighted by molar-refractivity contribution is 5.39. The van der Waals surface area contributed by atoms with Gasteiger partial charge < -0.3 is 31.3 Å². The molecule has 3 aromatic rings. The maximum atomic E-state index is 12.5. The summed E-state index contributed by atoms with van der Waals surface area (Å²) in [4.78, 5) is 0. The van der Waals surface area contributed by atoms with Crippen LogP contribution >= 0.6 is 0 Å². The number of nitrogens with zero attached hydrogens (tertiary/aromatic N) is 1. The third-order valence-corrected chi connectivity index (χ3v) is 8.57. The second-order valence-electron chi connectivity index (χ2n) is 10.2. The number of rotatable bonds is 8. The van der Waals surface area contributed by atoms with Crippen molar-refractivity contribution in [3.8, 4) is 0 Å². The van der Waals surface area contributed by atoms with E-state index in [2.05, 4.69) is 79.7 Å². The van der Waals surface area contributed by atoms with Crippen LogP contribution in [-0.2, 0) is 16.9 Å². The first-order valence-electron chi connectivity index (χ1n) is 12.4. The third kappa shape index (κ3) is 4.49. The first-order valence-corrected chi connectivity index (χ1v) is 12.4. The van der Waals surface area contributed by atoms with E-state index in [0.29, 0.717) is 6.61 Å². The topological polar surface area (TPSA) is 29.5 Å². The molecule has 34 heavy (non-hydrogen) atoms. The number of piperidine rings is 3. The molecule has 4 heteroatoms. The minimum atomic E-state index is -0.951. The predicted molar refractivity (Wildman–Crippen MR) is 133 cm³/mol. The Morgan fingerprint density at radius 2 is 1.29 bits per heavy atom. The molecule has 3 fully saturated rings. The van der Waals surface area contributed by atoms with E-state index in [1.54, 1.807) is 0 Å². The van der Waals surface area contributed by atoms with E-state index in [1.165, 1.54) is 11.1 Å². The van der Waals surface area contributed by atoms with Gasteiger partial charge in [-0.25, -0.2) is 0 Å². The zero-order valence-corrected chi connectivity index (χ0v) is 21.7. The second kappa shape index (κ2) is 10.3. The first-order chi connectivity index (χ1) is 16.1. The molecule has 0 saturated carbocycles. The normalized spacial score (nSPS) is 23.9. The lowest BCUT2D eigenvalue weighted by Crippen LogP contribution is -3.00. The van der Waals surface area contributed by atoms with E-state index in [1.807, 2.05) is 12.1 Å². The molecule has 0 aliphatic carbocycles. The Bertz CT molecular complexity index is 1010. The van der Waals surface area contributed by atoms with Crippen LogP contribution in [0.3, 0.4) is 0 Å². The lowest BCUT2D eigenvalue weighted by atomic mass is 9.56. The van der Waals surface area contributed by atoms with Crippen molar-refractivity contribution in [2.45, 2.75) is 38.4 Å². The highest BCUT2D eigenvalue weighted by Crippen LogP contribution is 2.57. The van der Waals surface area contributed by atoms with Gasteiger partial charge in [0.25, 0.3) is 0 Å². The molecule has 180 valence electrons. The summed E-state index contributed by atoms with van der Waals surface area (Å²) in [7, 11) is 0. The summed E-state index contributed by atoms with van der Waals surface area (Å²) < 4.78 is 7.25. The highest BCUT2D eigenvalue weighted by atomic mass is 79.9. The van der Waals surface area contributed by atoms with Crippen LogP contribution in [0.15, 0.2) is 84.9 Å². The summed E-state index contributed by atoms with van der Waals surface area (Å²) in [6.07, 6.45) is 3.14. The van der Waals surface area contributed by atoms with Crippen molar-refractivity contribution in [1.82, 2.24) is 0 Å². The fraction of sp³-hybridized carbons (Fsp3) is 0.400. The molecule has 3 heterocycles. The van der Waals surface area contributed by atoms with Gasteiger partial charge in [-0.2, -0.15) is 0 Å². The Labute approximate surface area is 214 Å². The van der Waals surface area contributed by atoms with Gasteiger partial charge in [0.2, 0.25) is 0 Å². The monoisotopic (exact) mass is 521 g/mol. The second-order valence-corrected chi connectivity index (χ2v) is 10.2. The standard InChI is InChI=1S/C30H36NO2.BrH/c1-25-10-8-9-11-26(25)24-33-23-22-31-19-16-29(17-20-31,18-21-31)30(32,27-12-4-2-5-13-27)28-14-6-3-7-15-28;/h2-15,32H,16-24H2,1H3;1H/q+1;/p-1. The average molecular weight is 523 g/mol. The number of aryl methyl sites for hydroxylation is 1. The molecule has 0 radical (unpaired) electrons. The van der Waals surface area contributed by atoms with Gasteiger partial charge >= 0.3 is 0 Å². The first kappa shape index (κ1) is 25.1. The minimum absolute atomic E-state index is 0. The van der Waals surface area contributed by atoms with E-state index in [4.69, 9.17) is 4.74 Å². The van der Waals surface area contributed by atoms with Crippen molar-refractivity contribution in [1.29, 1.82) is 0 Å². The molecule has 0 spiro atoms. The molecule has 3 nitrogen and oxygen atoms in total. The van der Waals surface area contributed by atoms with Gasteiger partial charge in [-0.3, -0.25) is 0 Å². The Morgan fingerprint density at radius 3 is 1.82 bits per heavy atom. The van der Waals surface area contributed by atoms with Gasteiger partial charge in [-0.15, -0.1) is 0 Å². The molecule has 3 aliphatic rings. The van der Waals surface area contributed by atoms with Gasteiger partial charge in [0.15, 0.2) is 0 Å². The van der Waals surface area contributed by atoms with Crippen LogP contribution in [0, 0.1) is 12.3 Å². The van der Waals surface area contributed by atoms with Crippen LogP contribution in [0.4, 0.5) is 0 Å². The van der Waals surface area contributed by atoms with E-state index in [-0.39, 0.29) is 22.4 Å². The van der Waals surface area contributed by atoms with Crippen molar-refractivity contribution in [3.63, 3.8) is 0 Å². The lowest BCUT2D eigenvalue weighted by molar-refractivity contribution is -0.946. The van der Waals surface area contributed by atoms with E-state index in [9.17, 15) is 5.11 Å². The molecule has 0 atom stereocenters. The van der Waals surface area contributed by atoms with Gasteiger partial charge in [0, 0.05) is 24.7 Å². The van der Waals surface area contributed by atoms with E-state index < -0.39 is 5.60 Å². The van der Waals surface area contributed by atoms with Crippen LogP contribution in [0.1, 0.15) is 41.5 Å². The van der Waals surface area contributed by atoms with Gasteiger partial charge in [0.1, 0.15) is 12.1 Å². The summed E-state index contributed by atoms with van der Waals surface area (Å²) in [5, 5.41) is 12.5. The van der Waals surface area contributed by atoms with Gasteiger partial charge in [-0.1, -0.05) is 84.9 Å². The number of quaternary nitrogens is 1. The van der Waals surface area contributed by atoms with E-state index >= 15 is 0 Å². The molecule has 6 rings (SSSR count). The summed E-state index contributed by atoms with van der Waals surface area (Å²) in [5.74, 6) is 0. The van der Waals surface area contributed by atoms with Crippen molar-refractivity contribution in [2.24, 2.45) is 5.41 Å². The van der Waals surface area contributed by atoms with Crippen molar-refractivity contribution in [2.75, 3.05) is 32.8 Å². The van der Waals surface area contributed by atoms with Gasteiger partial charge in [-0.05, 0) is 29.2 Å². The number of halogens is 1. The van der Waals surface area contributed by atoms with Crippen LogP contribution < -0.4 is 17.0 Å². The SMILES string of the molecule is Cc1ccccc1COCC[N+]12CCC(C(O)(c3ccccc3)c3ccccc3)(CC1)CC2.[Br-]. The molecular weight excluding hydrogens is 486 g/mol. The maximum absolute atomic E-state index is 12.5. The quantitative estimate of drug-likeness (QED) is 0.364. The van der Waals surface area contributed by atoms with Crippen molar-refractivity contribution >= 4 is 0 Å². The van der Waals surface area contributed by atoms with Crippen LogP contribution in [0.5, 0.6) is 0 Å². The molecule has 0 aromatic heterocycles. The fourth-order valence-electron chi connectivity index (χ4n) is 6.29. The van der Waals surface area contributed by atoms with Crippen LogP contribution in [0.25, 0.3) is 0 Å². The zero-order valence-electron chi connectivity index (χ0n) is 20.1. The van der Waals surface area contributed by atoms with Crippen LogP contribution in [-0.4, -0.2) is 42.4 Å². The molecule has 0 unspecified atom stereocenters. The smallest absolute Gasteiger partial charge is 0.121 e. The number of aliphatic hydroxyl groups is 1. The van der Waals surface area contributed by atoms with Gasteiger partial charge in [0.05, 0.1) is 32.8 Å². The Balaban J connectivity index is 0.00000274. The Hall–Kier alpha value is -1.98. The Kier molecular flexibility index (Phi) is 7.63. The number of hydrogen-bond donors (Lipinski definition) is 1. The summed E-state index contributed by atoms with van der Waals surface area (Å²) in [6.45, 7) is 8.06. The summed E-state index contributed by atoms with van der Waals surface area (Å²) in [6, 6.07) is 29.2. The molecule has 3 aromatic carbocycles. The Morgan fingerprint density at radius 1 is 0.794 bits per heavy atom.